The van der Waals surface area contributed by atoms with Gasteiger partial charge < -0.3 is 20.1 Å². The van der Waals surface area contributed by atoms with Crippen molar-refractivity contribution in [2.45, 2.75) is 19.4 Å². The predicted octanol–water partition coefficient (Wildman–Crippen LogP) is 3.54. The summed E-state index contributed by atoms with van der Waals surface area (Å²) in [6.45, 7) is 4.78. The smallest absolute Gasteiger partial charge is 0.191 e. The highest BCUT2D eigenvalue weighted by molar-refractivity contribution is 14.0. The fraction of sp³-hybridized carbons (Fsp3) is 0.500. The van der Waals surface area contributed by atoms with Crippen LogP contribution in [0.25, 0.3) is 11.3 Å². The standard InChI is InChI=1S/C20H28N4O2S.HI/c1-21-20(22-9-5-10-25-13-16-8-11-26-14-16)23-12-19-24-18(15-27-19)17-6-3-2-4-7-17;/h2-4,6-7,15-16H,5,8-14H2,1H3,(H2,21,22,23);1H. The van der Waals surface area contributed by atoms with Crippen molar-refractivity contribution in [3.8, 4) is 11.3 Å². The first-order chi connectivity index (χ1) is 13.3. The molecule has 3 rings (SSSR count). The average Bonchev–Trinajstić information content (AvgIpc) is 3.39. The molecular formula is C20H29IN4O2S. The Bertz CT molecular complexity index is 705. The van der Waals surface area contributed by atoms with Crippen LogP contribution in [0.3, 0.4) is 0 Å². The molecule has 1 aliphatic heterocycles. The molecule has 2 N–H and O–H groups in total. The molecule has 0 aliphatic carbocycles. The summed E-state index contributed by atoms with van der Waals surface area (Å²) in [5.74, 6) is 1.36. The first-order valence-corrected chi connectivity index (χ1v) is 10.3. The monoisotopic (exact) mass is 516 g/mol. The highest BCUT2D eigenvalue weighted by atomic mass is 127. The molecule has 0 radical (unpaired) electrons. The maximum absolute atomic E-state index is 5.72. The number of hydrogen-bond donors (Lipinski definition) is 2. The summed E-state index contributed by atoms with van der Waals surface area (Å²) >= 11 is 1.66. The van der Waals surface area contributed by atoms with Crippen molar-refractivity contribution in [2.75, 3.05) is 40.0 Å². The van der Waals surface area contributed by atoms with Crippen LogP contribution >= 0.6 is 35.3 Å². The third-order valence-corrected chi connectivity index (χ3v) is 5.24. The summed E-state index contributed by atoms with van der Waals surface area (Å²) < 4.78 is 11.1. The van der Waals surface area contributed by atoms with Crippen LogP contribution in [0.1, 0.15) is 17.8 Å². The molecule has 0 spiro atoms. The van der Waals surface area contributed by atoms with Gasteiger partial charge >= 0.3 is 0 Å². The van der Waals surface area contributed by atoms with Gasteiger partial charge in [0, 0.05) is 43.7 Å². The quantitative estimate of drug-likeness (QED) is 0.231. The second-order valence-corrected chi connectivity index (χ2v) is 7.45. The van der Waals surface area contributed by atoms with Crippen molar-refractivity contribution in [3.05, 3.63) is 40.7 Å². The molecule has 1 atom stereocenters. The maximum atomic E-state index is 5.72. The van der Waals surface area contributed by atoms with E-state index in [-0.39, 0.29) is 24.0 Å². The first kappa shape index (κ1) is 23.1. The number of benzene rings is 1. The Balaban J connectivity index is 0.00000280. The Hall–Kier alpha value is -1.23. The summed E-state index contributed by atoms with van der Waals surface area (Å²) in [7, 11) is 1.78. The number of ether oxygens (including phenoxy) is 2. The van der Waals surface area contributed by atoms with Gasteiger partial charge in [0.15, 0.2) is 5.96 Å². The van der Waals surface area contributed by atoms with E-state index in [2.05, 4.69) is 38.1 Å². The van der Waals surface area contributed by atoms with Crippen molar-refractivity contribution < 1.29 is 9.47 Å². The van der Waals surface area contributed by atoms with Gasteiger partial charge in [-0.2, -0.15) is 0 Å². The molecule has 8 heteroatoms. The van der Waals surface area contributed by atoms with E-state index in [9.17, 15) is 0 Å². The van der Waals surface area contributed by atoms with Crippen molar-refractivity contribution in [2.24, 2.45) is 10.9 Å². The van der Waals surface area contributed by atoms with E-state index in [0.717, 1.165) is 68.0 Å². The molecule has 154 valence electrons. The van der Waals surface area contributed by atoms with Crippen LogP contribution in [0.5, 0.6) is 0 Å². The third-order valence-electron chi connectivity index (χ3n) is 4.39. The fourth-order valence-corrected chi connectivity index (χ4v) is 3.60. The number of halogens is 1. The average molecular weight is 516 g/mol. The highest BCUT2D eigenvalue weighted by Crippen LogP contribution is 2.21. The molecule has 1 aromatic heterocycles. The number of guanidine groups is 1. The molecule has 28 heavy (non-hydrogen) atoms. The van der Waals surface area contributed by atoms with Crippen molar-refractivity contribution in [1.82, 2.24) is 15.6 Å². The Kier molecular flexibility index (Phi) is 10.8. The van der Waals surface area contributed by atoms with E-state index >= 15 is 0 Å². The summed E-state index contributed by atoms with van der Waals surface area (Å²) in [6, 6.07) is 10.2. The number of nitrogens with one attached hydrogen (secondary N) is 2. The van der Waals surface area contributed by atoms with Gasteiger partial charge in [-0.3, -0.25) is 4.99 Å². The Labute approximate surface area is 188 Å². The minimum atomic E-state index is 0. The number of thiazole rings is 1. The summed E-state index contributed by atoms with van der Waals surface area (Å²) in [4.78, 5) is 8.95. The molecule has 2 aromatic rings. The molecule has 1 aliphatic rings. The Morgan fingerprint density at radius 3 is 2.93 bits per heavy atom. The second kappa shape index (κ2) is 13.1. The molecular weight excluding hydrogens is 487 g/mol. The largest absolute Gasteiger partial charge is 0.381 e. The lowest BCUT2D eigenvalue weighted by atomic mass is 10.1. The van der Waals surface area contributed by atoms with Gasteiger partial charge in [-0.25, -0.2) is 4.98 Å². The summed E-state index contributed by atoms with van der Waals surface area (Å²) in [5.41, 5.74) is 2.16. The molecule has 1 unspecified atom stereocenters. The van der Waals surface area contributed by atoms with E-state index in [1.807, 2.05) is 18.2 Å². The van der Waals surface area contributed by atoms with E-state index < -0.39 is 0 Å². The molecule has 6 nitrogen and oxygen atoms in total. The number of hydrogen-bond acceptors (Lipinski definition) is 5. The van der Waals surface area contributed by atoms with E-state index in [1.165, 1.54) is 0 Å². The van der Waals surface area contributed by atoms with Gasteiger partial charge in [0.2, 0.25) is 0 Å². The van der Waals surface area contributed by atoms with Gasteiger partial charge in [0.05, 0.1) is 25.5 Å². The lowest BCUT2D eigenvalue weighted by Gasteiger charge is -2.12. The third kappa shape index (κ3) is 7.65. The van der Waals surface area contributed by atoms with E-state index in [4.69, 9.17) is 9.47 Å². The molecule has 0 saturated carbocycles. The lowest BCUT2D eigenvalue weighted by molar-refractivity contribution is 0.0888. The van der Waals surface area contributed by atoms with Gasteiger partial charge in [0.1, 0.15) is 5.01 Å². The van der Waals surface area contributed by atoms with E-state index in [1.54, 1.807) is 18.4 Å². The fourth-order valence-electron chi connectivity index (χ4n) is 2.86. The number of aromatic nitrogens is 1. The lowest BCUT2D eigenvalue weighted by Crippen LogP contribution is -2.37. The van der Waals surface area contributed by atoms with Crippen LogP contribution in [0.15, 0.2) is 40.7 Å². The zero-order valence-corrected chi connectivity index (χ0v) is 19.4. The molecule has 0 bridgehead atoms. The van der Waals surface area contributed by atoms with Crippen LogP contribution in [0, 0.1) is 5.92 Å². The summed E-state index contributed by atoms with van der Waals surface area (Å²) in [6.07, 6.45) is 2.07. The minimum Gasteiger partial charge on any atom is -0.381 e. The second-order valence-electron chi connectivity index (χ2n) is 6.50. The van der Waals surface area contributed by atoms with Crippen LogP contribution in [0.2, 0.25) is 0 Å². The SMILES string of the molecule is CN=C(NCCCOCC1CCOC1)NCc1nc(-c2ccccc2)cs1.I. The zero-order valence-electron chi connectivity index (χ0n) is 16.2. The number of nitrogens with zero attached hydrogens (tertiary/aromatic N) is 2. The zero-order chi connectivity index (χ0) is 18.7. The summed E-state index contributed by atoms with van der Waals surface area (Å²) in [5, 5.41) is 9.77. The van der Waals surface area contributed by atoms with Crippen molar-refractivity contribution in [1.29, 1.82) is 0 Å². The van der Waals surface area contributed by atoms with Crippen LogP contribution < -0.4 is 10.6 Å². The normalized spacial score (nSPS) is 16.6. The first-order valence-electron chi connectivity index (χ1n) is 9.45. The molecule has 1 aromatic carbocycles. The van der Waals surface area contributed by atoms with Gasteiger partial charge in [-0.15, -0.1) is 35.3 Å². The van der Waals surface area contributed by atoms with Crippen LogP contribution in [0.4, 0.5) is 0 Å². The van der Waals surface area contributed by atoms with E-state index in [0.29, 0.717) is 12.5 Å². The number of aliphatic imine (C=N–C) groups is 1. The van der Waals surface area contributed by atoms with Crippen LogP contribution in [-0.2, 0) is 16.0 Å². The van der Waals surface area contributed by atoms with Gasteiger partial charge in [-0.1, -0.05) is 30.3 Å². The Morgan fingerprint density at radius 1 is 1.32 bits per heavy atom. The van der Waals surface area contributed by atoms with Gasteiger partial charge in [0.25, 0.3) is 0 Å². The van der Waals surface area contributed by atoms with Crippen LogP contribution in [-0.4, -0.2) is 51.0 Å². The van der Waals surface area contributed by atoms with Gasteiger partial charge in [-0.05, 0) is 12.8 Å². The van der Waals surface area contributed by atoms with Crippen molar-refractivity contribution >= 4 is 41.3 Å². The highest BCUT2D eigenvalue weighted by Gasteiger charge is 2.15. The molecule has 2 heterocycles. The maximum Gasteiger partial charge on any atom is 0.191 e. The van der Waals surface area contributed by atoms with Crippen molar-refractivity contribution in [3.63, 3.8) is 0 Å². The Morgan fingerprint density at radius 2 is 2.18 bits per heavy atom. The topological polar surface area (TPSA) is 67.8 Å². The minimum absolute atomic E-state index is 0. The molecule has 0 amide bonds. The number of rotatable bonds is 9. The predicted molar refractivity (Wildman–Crippen MR) is 126 cm³/mol. The molecule has 1 saturated heterocycles. The molecule has 1 fully saturated rings.